The van der Waals surface area contributed by atoms with Gasteiger partial charge in [0.25, 0.3) is 5.91 Å². The van der Waals surface area contributed by atoms with E-state index >= 15 is 0 Å². The first-order valence-electron chi connectivity index (χ1n) is 2.96. The van der Waals surface area contributed by atoms with Gasteiger partial charge in [0, 0.05) is 14.2 Å². The summed E-state index contributed by atoms with van der Waals surface area (Å²) in [6.07, 6.45) is 0. The van der Waals surface area contributed by atoms with Crippen LogP contribution in [0.4, 0.5) is 0 Å². The summed E-state index contributed by atoms with van der Waals surface area (Å²) in [5.74, 6) is -0.273. The minimum absolute atomic E-state index is 0.0132. The summed E-state index contributed by atoms with van der Waals surface area (Å²) in [4.78, 5) is 10.7. The van der Waals surface area contributed by atoms with E-state index in [0.29, 0.717) is 5.11 Å². The third-order valence-corrected chi connectivity index (χ3v) is 1.12. The van der Waals surface area contributed by atoms with E-state index in [2.05, 4.69) is 33.1 Å². The van der Waals surface area contributed by atoms with Crippen molar-refractivity contribution in [2.24, 2.45) is 0 Å². The van der Waals surface area contributed by atoms with Crippen molar-refractivity contribution in [1.82, 2.24) is 16.2 Å². The Morgan fingerprint density at radius 1 is 1.55 bits per heavy atom. The maximum Gasteiger partial charge on any atom is 0.264 e. The molecule has 0 heterocycles. The van der Waals surface area contributed by atoms with Crippen molar-refractivity contribution in [2.75, 3.05) is 20.8 Å². The maximum atomic E-state index is 10.7. The van der Waals surface area contributed by atoms with Crippen LogP contribution in [0.2, 0.25) is 0 Å². The fourth-order valence-electron chi connectivity index (χ4n) is 0.356. The number of hydrogen-bond acceptors (Lipinski definition) is 3. The molecule has 0 aliphatic heterocycles. The largest absolute Gasteiger partial charge is 0.375 e. The highest BCUT2D eigenvalue weighted by atomic mass is 32.1. The van der Waals surface area contributed by atoms with Crippen molar-refractivity contribution in [1.29, 1.82) is 0 Å². The first-order valence-corrected chi connectivity index (χ1v) is 3.37. The molecule has 0 aliphatic rings. The average molecular weight is 177 g/mol. The van der Waals surface area contributed by atoms with Crippen LogP contribution in [-0.4, -0.2) is 31.8 Å². The summed E-state index contributed by atoms with van der Waals surface area (Å²) < 4.78 is 4.55. The van der Waals surface area contributed by atoms with Crippen molar-refractivity contribution >= 4 is 23.2 Å². The van der Waals surface area contributed by atoms with Gasteiger partial charge in [-0.25, -0.2) is 0 Å². The molecule has 0 bridgehead atoms. The van der Waals surface area contributed by atoms with Crippen LogP contribution in [-0.2, 0) is 9.53 Å². The van der Waals surface area contributed by atoms with Crippen molar-refractivity contribution < 1.29 is 9.53 Å². The number of nitrogens with one attached hydrogen (secondary N) is 3. The summed E-state index contributed by atoms with van der Waals surface area (Å²) in [5, 5.41) is 2.98. The quantitative estimate of drug-likeness (QED) is 0.364. The molecule has 0 aromatic rings. The second-order valence-corrected chi connectivity index (χ2v) is 2.09. The van der Waals surface area contributed by atoms with Crippen LogP contribution in [0.5, 0.6) is 0 Å². The van der Waals surface area contributed by atoms with E-state index in [1.807, 2.05) is 0 Å². The molecule has 0 unspecified atom stereocenters. The highest BCUT2D eigenvalue weighted by Gasteiger charge is 1.97. The topological polar surface area (TPSA) is 62.4 Å². The molecule has 5 nitrogen and oxygen atoms in total. The SMILES string of the molecule is CNC(=S)NNC(=O)COC. The van der Waals surface area contributed by atoms with Gasteiger partial charge in [0.1, 0.15) is 6.61 Å². The lowest BCUT2D eigenvalue weighted by Gasteiger charge is -2.07. The van der Waals surface area contributed by atoms with Gasteiger partial charge in [-0.2, -0.15) is 0 Å². The Morgan fingerprint density at radius 2 is 2.18 bits per heavy atom. The molecular formula is C5H11N3O2S. The molecule has 0 aromatic heterocycles. The molecule has 0 saturated heterocycles. The standard InChI is InChI=1S/C5H11N3O2S/c1-6-5(11)8-7-4(9)3-10-2/h3H2,1-2H3,(H,7,9)(H2,6,8,11). The van der Waals surface area contributed by atoms with Crippen molar-refractivity contribution in [3.05, 3.63) is 0 Å². The Hall–Kier alpha value is -0.880. The second kappa shape index (κ2) is 5.87. The number of carbonyl (C=O) groups excluding carboxylic acids is 1. The first kappa shape index (κ1) is 10.1. The number of methoxy groups -OCH3 is 1. The summed E-state index contributed by atoms with van der Waals surface area (Å²) in [5.41, 5.74) is 4.77. The van der Waals surface area contributed by atoms with Crippen LogP contribution < -0.4 is 16.2 Å². The molecule has 0 fully saturated rings. The number of hydrogen-bond donors (Lipinski definition) is 3. The van der Waals surface area contributed by atoms with Crippen molar-refractivity contribution in [3.8, 4) is 0 Å². The Labute approximate surface area is 70.5 Å². The predicted octanol–water partition coefficient (Wildman–Crippen LogP) is -1.24. The fourth-order valence-corrected chi connectivity index (χ4v) is 0.407. The summed E-state index contributed by atoms with van der Waals surface area (Å²) in [7, 11) is 3.09. The Kier molecular flexibility index (Phi) is 5.40. The number of ether oxygens (including phenoxy) is 1. The normalized spacial score (nSPS) is 8.55. The zero-order valence-electron chi connectivity index (χ0n) is 6.43. The number of rotatable bonds is 2. The van der Waals surface area contributed by atoms with Crippen LogP contribution in [0.1, 0.15) is 0 Å². The van der Waals surface area contributed by atoms with E-state index in [-0.39, 0.29) is 12.5 Å². The fraction of sp³-hybridized carbons (Fsp3) is 0.600. The number of carbonyl (C=O) groups is 1. The van der Waals surface area contributed by atoms with Gasteiger partial charge < -0.3 is 10.1 Å². The highest BCUT2D eigenvalue weighted by Crippen LogP contribution is 1.65. The van der Waals surface area contributed by atoms with E-state index in [4.69, 9.17) is 0 Å². The number of amides is 1. The van der Waals surface area contributed by atoms with Gasteiger partial charge in [-0.3, -0.25) is 15.6 Å². The molecule has 0 rings (SSSR count). The van der Waals surface area contributed by atoms with E-state index in [1.165, 1.54) is 7.11 Å². The molecule has 11 heavy (non-hydrogen) atoms. The van der Waals surface area contributed by atoms with Crippen LogP contribution in [0.3, 0.4) is 0 Å². The van der Waals surface area contributed by atoms with E-state index < -0.39 is 0 Å². The Balaban J connectivity index is 3.38. The van der Waals surface area contributed by atoms with Crippen molar-refractivity contribution in [3.63, 3.8) is 0 Å². The van der Waals surface area contributed by atoms with Crippen LogP contribution >= 0.6 is 12.2 Å². The number of hydrazine groups is 1. The molecule has 0 saturated carbocycles. The first-order chi connectivity index (χ1) is 5.20. The lowest BCUT2D eigenvalue weighted by molar-refractivity contribution is -0.125. The Bertz CT molecular complexity index is 151. The third-order valence-electron chi connectivity index (χ3n) is 0.818. The van der Waals surface area contributed by atoms with Gasteiger partial charge in [-0.1, -0.05) is 0 Å². The second-order valence-electron chi connectivity index (χ2n) is 1.69. The van der Waals surface area contributed by atoms with Gasteiger partial charge in [0.05, 0.1) is 0 Å². The van der Waals surface area contributed by atoms with Gasteiger partial charge in [0.2, 0.25) is 0 Å². The minimum Gasteiger partial charge on any atom is -0.375 e. The Morgan fingerprint density at radius 3 is 2.64 bits per heavy atom. The van der Waals surface area contributed by atoms with Gasteiger partial charge in [-0.05, 0) is 12.2 Å². The summed E-state index contributed by atoms with van der Waals surface area (Å²) in [6.45, 7) is 0.0132. The molecule has 1 amide bonds. The average Bonchev–Trinajstić information content (AvgIpc) is 2.01. The molecule has 0 atom stereocenters. The van der Waals surface area contributed by atoms with Gasteiger partial charge in [0.15, 0.2) is 5.11 Å². The molecule has 64 valence electrons. The highest BCUT2D eigenvalue weighted by molar-refractivity contribution is 7.80. The molecule has 6 heteroatoms. The summed E-state index contributed by atoms with van der Waals surface area (Å²) >= 11 is 4.68. The third kappa shape index (κ3) is 5.56. The van der Waals surface area contributed by atoms with Crippen LogP contribution in [0.15, 0.2) is 0 Å². The lowest BCUT2D eigenvalue weighted by Crippen LogP contribution is -2.46. The van der Waals surface area contributed by atoms with E-state index in [0.717, 1.165) is 0 Å². The molecule has 0 aromatic carbocycles. The van der Waals surface area contributed by atoms with E-state index in [9.17, 15) is 4.79 Å². The molecule has 0 radical (unpaired) electrons. The van der Waals surface area contributed by atoms with Crippen molar-refractivity contribution in [2.45, 2.75) is 0 Å². The molecular weight excluding hydrogens is 166 g/mol. The monoisotopic (exact) mass is 177 g/mol. The molecule has 0 spiro atoms. The zero-order chi connectivity index (χ0) is 8.69. The lowest BCUT2D eigenvalue weighted by atomic mass is 10.7. The minimum atomic E-state index is -0.273. The van der Waals surface area contributed by atoms with Gasteiger partial charge >= 0.3 is 0 Å². The van der Waals surface area contributed by atoms with Gasteiger partial charge in [-0.15, -0.1) is 0 Å². The zero-order valence-corrected chi connectivity index (χ0v) is 7.25. The smallest absolute Gasteiger partial charge is 0.264 e. The maximum absolute atomic E-state index is 10.7. The molecule has 0 aliphatic carbocycles. The number of thiocarbonyl (C=S) groups is 1. The van der Waals surface area contributed by atoms with Crippen LogP contribution in [0.25, 0.3) is 0 Å². The summed E-state index contributed by atoms with van der Waals surface area (Å²) in [6, 6.07) is 0. The van der Waals surface area contributed by atoms with Crippen LogP contribution in [0, 0.1) is 0 Å². The van der Waals surface area contributed by atoms with E-state index in [1.54, 1.807) is 7.05 Å². The molecule has 3 N–H and O–H groups in total. The predicted molar refractivity (Wildman–Crippen MR) is 44.8 cm³/mol.